The number of hydrogen-bond donors (Lipinski definition) is 1. The van der Waals surface area contributed by atoms with E-state index in [2.05, 4.69) is 21.2 Å². The average Bonchev–Trinajstić information content (AvgIpc) is 2.54. The topological polar surface area (TPSA) is 38.3 Å². The van der Waals surface area contributed by atoms with Crippen LogP contribution in [0.1, 0.15) is 48.3 Å². The van der Waals surface area contributed by atoms with Gasteiger partial charge in [0.2, 0.25) is 0 Å². The highest BCUT2D eigenvalue weighted by atomic mass is 79.9. The van der Waals surface area contributed by atoms with Crippen molar-refractivity contribution in [3.8, 4) is 0 Å². The fourth-order valence-corrected chi connectivity index (χ4v) is 2.39. The van der Waals surface area contributed by atoms with Gasteiger partial charge in [0.15, 0.2) is 0 Å². The van der Waals surface area contributed by atoms with Crippen LogP contribution in [-0.2, 0) is 11.3 Å². The zero-order valence-corrected chi connectivity index (χ0v) is 15.3. The van der Waals surface area contributed by atoms with Crippen LogP contribution in [-0.4, -0.2) is 12.0 Å². The van der Waals surface area contributed by atoms with Crippen LogP contribution in [0.3, 0.4) is 0 Å². The van der Waals surface area contributed by atoms with E-state index in [9.17, 15) is 4.79 Å². The van der Waals surface area contributed by atoms with Crippen LogP contribution >= 0.6 is 15.9 Å². The third-order valence-electron chi connectivity index (χ3n) is 3.52. The lowest BCUT2D eigenvalue weighted by molar-refractivity contribution is 0.0656. The van der Waals surface area contributed by atoms with Gasteiger partial charge in [0.05, 0.1) is 18.8 Å². The van der Waals surface area contributed by atoms with Gasteiger partial charge in [-0.1, -0.05) is 40.2 Å². The normalized spacial score (nSPS) is 12.2. The Bertz CT molecular complexity index is 635. The molecule has 0 fully saturated rings. The van der Waals surface area contributed by atoms with E-state index in [0.717, 1.165) is 15.6 Å². The maximum atomic E-state index is 12.3. The minimum absolute atomic E-state index is 0.0421. The van der Waals surface area contributed by atoms with E-state index in [-0.39, 0.29) is 18.1 Å². The summed E-state index contributed by atoms with van der Waals surface area (Å²) in [6, 6.07) is 15.4. The third kappa shape index (κ3) is 5.48. The summed E-state index contributed by atoms with van der Waals surface area (Å²) in [5.74, 6) is -0.0725. The number of nitrogens with one attached hydrogen (secondary N) is 1. The quantitative estimate of drug-likeness (QED) is 0.782. The van der Waals surface area contributed by atoms with E-state index in [1.165, 1.54) is 0 Å². The second kappa shape index (κ2) is 8.27. The predicted molar refractivity (Wildman–Crippen MR) is 96.4 cm³/mol. The summed E-state index contributed by atoms with van der Waals surface area (Å²) in [4.78, 5) is 12.3. The van der Waals surface area contributed by atoms with Crippen molar-refractivity contribution in [1.29, 1.82) is 0 Å². The number of amides is 1. The molecule has 0 radical (unpaired) electrons. The van der Waals surface area contributed by atoms with E-state index in [4.69, 9.17) is 4.74 Å². The molecular weight excluding hydrogens is 354 g/mol. The van der Waals surface area contributed by atoms with Crippen molar-refractivity contribution in [3.63, 3.8) is 0 Å². The molecule has 3 nitrogen and oxygen atoms in total. The molecule has 0 aliphatic rings. The minimum Gasteiger partial charge on any atom is -0.374 e. The van der Waals surface area contributed by atoms with Crippen molar-refractivity contribution in [2.75, 3.05) is 0 Å². The Balaban J connectivity index is 1.96. The number of halogens is 1. The highest BCUT2D eigenvalue weighted by Crippen LogP contribution is 2.17. The summed E-state index contributed by atoms with van der Waals surface area (Å²) in [7, 11) is 0. The Labute approximate surface area is 146 Å². The van der Waals surface area contributed by atoms with Crippen LogP contribution in [0.25, 0.3) is 0 Å². The summed E-state index contributed by atoms with van der Waals surface area (Å²) >= 11 is 3.41. The number of hydrogen-bond acceptors (Lipinski definition) is 2. The Morgan fingerprint density at radius 2 is 1.65 bits per heavy atom. The van der Waals surface area contributed by atoms with Crippen molar-refractivity contribution >= 4 is 21.8 Å². The lowest BCUT2D eigenvalue weighted by Crippen LogP contribution is -2.26. The summed E-state index contributed by atoms with van der Waals surface area (Å²) < 4.78 is 6.58. The van der Waals surface area contributed by atoms with Gasteiger partial charge in [0, 0.05) is 10.0 Å². The zero-order valence-electron chi connectivity index (χ0n) is 13.7. The molecule has 0 aliphatic carbocycles. The van der Waals surface area contributed by atoms with E-state index in [0.29, 0.717) is 12.2 Å². The van der Waals surface area contributed by atoms with Gasteiger partial charge in [-0.15, -0.1) is 0 Å². The van der Waals surface area contributed by atoms with Gasteiger partial charge in [0.25, 0.3) is 5.91 Å². The lowest BCUT2D eigenvalue weighted by Gasteiger charge is -2.15. The molecule has 0 spiro atoms. The molecule has 0 heterocycles. The molecule has 2 rings (SSSR count). The standard InChI is InChI=1S/C19H22BrNO2/c1-13(2)23-12-15-4-6-17(7-5-15)19(22)21-14(3)16-8-10-18(20)11-9-16/h4-11,13-14H,12H2,1-3H3,(H,21,22)/t14-/m0/s1. The molecule has 122 valence electrons. The van der Waals surface area contributed by atoms with Gasteiger partial charge in [-0.2, -0.15) is 0 Å². The van der Waals surface area contributed by atoms with E-state index < -0.39 is 0 Å². The van der Waals surface area contributed by atoms with Crippen molar-refractivity contribution in [1.82, 2.24) is 5.32 Å². The first kappa shape index (κ1) is 17.7. The zero-order chi connectivity index (χ0) is 16.8. The summed E-state index contributed by atoms with van der Waals surface area (Å²) in [5.41, 5.74) is 2.79. The van der Waals surface area contributed by atoms with Gasteiger partial charge in [-0.05, 0) is 56.2 Å². The SMILES string of the molecule is CC(C)OCc1ccc(C(=O)N[C@@H](C)c2ccc(Br)cc2)cc1. The van der Waals surface area contributed by atoms with Gasteiger partial charge in [-0.25, -0.2) is 0 Å². The van der Waals surface area contributed by atoms with E-state index in [1.807, 2.05) is 69.3 Å². The molecule has 0 aliphatic heterocycles. The van der Waals surface area contributed by atoms with Crippen molar-refractivity contribution in [3.05, 3.63) is 69.7 Å². The van der Waals surface area contributed by atoms with Gasteiger partial charge in [0.1, 0.15) is 0 Å². The second-order valence-corrected chi connectivity index (χ2v) is 6.72. The fourth-order valence-electron chi connectivity index (χ4n) is 2.13. The Kier molecular flexibility index (Phi) is 6.37. The highest BCUT2D eigenvalue weighted by molar-refractivity contribution is 9.10. The van der Waals surface area contributed by atoms with Crippen LogP contribution in [0.5, 0.6) is 0 Å². The maximum absolute atomic E-state index is 12.3. The monoisotopic (exact) mass is 375 g/mol. The number of carbonyl (C=O) groups excluding carboxylic acids is 1. The highest BCUT2D eigenvalue weighted by Gasteiger charge is 2.11. The van der Waals surface area contributed by atoms with Crippen LogP contribution in [0, 0.1) is 0 Å². The van der Waals surface area contributed by atoms with Crippen LogP contribution in [0.2, 0.25) is 0 Å². The lowest BCUT2D eigenvalue weighted by atomic mass is 10.1. The molecule has 4 heteroatoms. The van der Waals surface area contributed by atoms with Crippen molar-refractivity contribution in [2.45, 2.75) is 39.5 Å². The molecule has 1 atom stereocenters. The largest absolute Gasteiger partial charge is 0.374 e. The van der Waals surface area contributed by atoms with Crippen molar-refractivity contribution in [2.24, 2.45) is 0 Å². The average molecular weight is 376 g/mol. The first-order valence-corrected chi connectivity index (χ1v) is 8.52. The number of benzene rings is 2. The Hall–Kier alpha value is -1.65. The molecule has 1 amide bonds. The van der Waals surface area contributed by atoms with Crippen LogP contribution < -0.4 is 5.32 Å². The summed E-state index contributed by atoms with van der Waals surface area (Å²) in [5, 5.41) is 3.02. The minimum atomic E-state index is -0.0725. The second-order valence-electron chi connectivity index (χ2n) is 5.80. The fraction of sp³-hybridized carbons (Fsp3) is 0.316. The molecule has 1 N–H and O–H groups in total. The molecule has 0 saturated carbocycles. The Morgan fingerprint density at radius 1 is 1.04 bits per heavy atom. The summed E-state index contributed by atoms with van der Waals surface area (Å²) in [6.07, 6.45) is 0.199. The third-order valence-corrected chi connectivity index (χ3v) is 4.05. The van der Waals surface area contributed by atoms with E-state index in [1.54, 1.807) is 0 Å². The maximum Gasteiger partial charge on any atom is 0.251 e. The molecule has 2 aromatic carbocycles. The van der Waals surface area contributed by atoms with Gasteiger partial charge >= 0.3 is 0 Å². The van der Waals surface area contributed by atoms with Crippen LogP contribution in [0.4, 0.5) is 0 Å². The molecule has 0 aromatic heterocycles. The Morgan fingerprint density at radius 3 is 2.22 bits per heavy atom. The van der Waals surface area contributed by atoms with Crippen molar-refractivity contribution < 1.29 is 9.53 Å². The predicted octanol–water partition coefficient (Wildman–Crippen LogP) is 4.87. The molecule has 0 bridgehead atoms. The molecule has 2 aromatic rings. The summed E-state index contributed by atoms with van der Waals surface area (Å²) in [6.45, 7) is 6.55. The van der Waals surface area contributed by atoms with E-state index >= 15 is 0 Å². The smallest absolute Gasteiger partial charge is 0.251 e. The van der Waals surface area contributed by atoms with Gasteiger partial charge in [-0.3, -0.25) is 4.79 Å². The molecular formula is C19H22BrNO2. The number of rotatable bonds is 6. The number of ether oxygens (including phenoxy) is 1. The van der Waals surface area contributed by atoms with Gasteiger partial charge < -0.3 is 10.1 Å². The number of carbonyl (C=O) groups is 1. The molecule has 0 saturated heterocycles. The first-order valence-electron chi connectivity index (χ1n) is 7.72. The first-order chi connectivity index (χ1) is 11.0. The van der Waals surface area contributed by atoms with Crippen LogP contribution in [0.15, 0.2) is 53.0 Å². The molecule has 23 heavy (non-hydrogen) atoms. The molecule has 0 unspecified atom stereocenters.